The van der Waals surface area contributed by atoms with Gasteiger partial charge in [0.2, 0.25) is 0 Å². The van der Waals surface area contributed by atoms with Crippen molar-refractivity contribution in [1.82, 2.24) is 0 Å². The Balaban J connectivity index is 1.99. The molecule has 0 radical (unpaired) electrons. The van der Waals surface area contributed by atoms with Crippen LogP contribution in [0.25, 0.3) is 0 Å². The summed E-state index contributed by atoms with van der Waals surface area (Å²) < 4.78 is 5.55. The Kier molecular flexibility index (Phi) is 5.39. The fraction of sp³-hybridized carbons (Fsp3) is 0.471. The summed E-state index contributed by atoms with van der Waals surface area (Å²) in [6.45, 7) is 8.53. The van der Waals surface area contributed by atoms with Crippen LogP contribution in [0, 0.1) is 0 Å². The number of benzene rings is 1. The van der Waals surface area contributed by atoms with Gasteiger partial charge in [0.15, 0.2) is 0 Å². The first kappa shape index (κ1) is 15.6. The molecule has 1 aliphatic rings. The lowest BCUT2D eigenvalue weighted by molar-refractivity contribution is -0.112. The van der Waals surface area contributed by atoms with Crippen LogP contribution < -0.4 is 10.2 Å². The Bertz CT molecular complexity index is 508. The standard InChI is InChI=1S/C17H24N2O2/c1-4-5-13(2)17(20)18-15-6-8-16(9-7-15)19-10-11-21-14(3)12-19/h5-9,14H,4,10-12H2,1-3H3,(H,18,20)/b13-5-/t14-/m0/s1. The normalized spacial score (nSPS) is 19.5. The quantitative estimate of drug-likeness (QED) is 0.865. The molecule has 2 rings (SSSR count). The van der Waals surface area contributed by atoms with Gasteiger partial charge >= 0.3 is 0 Å². The molecule has 0 aromatic heterocycles. The van der Waals surface area contributed by atoms with Gasteiger partial charge < -0.3 is 15.0 Å². The van der Waals surface area contributed by atoms with Crippen molar-refractivity contribution in [3.05, 3.63) is 35.9 Å². The Morgan fingerprint density at radius 2 is 2.14 bits per heavy atom. The maximum atomic E-state index is 11.9. The van der Waals surface area contributed by atoms with Gasteiger partial charge in [-0.25, -0.2) is 0 Å². The van der Waals surface area contributed by atoms with Crippen LogP contribution in [0.15, 0.2) is 35.9 Å². The third-order valence-electron chi connectivity index (χ3n) is 3.60. The molecule has 1 aliphatic heterocycles. The smallest absolute Gasteiger partial charge is 0.250 e. The minimum Gasteiger partial charge on any atom is -0.375 e. The van der Waals surface area contributed by atoms with Crippen LogP contribution in [0.5, 0.6) is 0 Å². The zero-order valence-electron chi connectivity index (χ0n) is 13.1. The van der Waals surface area contributed by atoms with Crippen molar-refractivity contribution in [1.29, 1.82) is 0 Å². The number of amides is 1. The molecular formula is C17H24N2O2. The summed E-state index contributed by atoms with van der Waals surface area (Å²) in [4.78, 5) is 14.2. The number of hydrogen-bond donors (Lipinski definition) is 1. The second-order valence-corrected chi connectivity index (χ2v) is 5.42. The van der Waals surface area contributed by atoms with Gasteiger partial charge in [0.25, 0.3) is 5.91 Å². The first-order valence-corrected chi connectivity index (χ1v) is 7.55. The van der Waals surface area contributed by atoms with Gasteiger partial charge in [0.1, 0.15) is 0 Å². The van der Waals surface area contributed by atoms with Crippen molar-refractivity contribution in [2.24, 2.45) is 0 Å². The van der Waals surface area contributed by atoms with Crippen LogP contribution in [0.2, 0.25) is 0 Å². The summed E-state index contributed by atoms with van der Waals surface area (Å²) in [6.07, 6.45) is 3.06. The molecule has 1 atom stereocenters. The van der Waals surface area contributed by atoms with E-state index in [1.165, 1.54) is 5.69 Å². The summed E-state index contributed by atoms with van der Waals surface area (Å²) in [7, 11) is 0. The molecule has 0 unspecified atom stereocenters. The van der Waals surface area contributed by atoms with E-state index in [-0.39, 0.29) is 12.0 Å². The molecule has 1 aromatic carbocycles. The monoisotopic (exact) mass is 288 g/mol. The number of carbonyl (C=O) groups excluding carboxylic acids is 1. The van der Waals surface area contributed by atoms with Gasteiger partial charge in [-0.1, -0.05) is 13.0 Å². The lowest BCUT2D eigenvalue weighted by Gasteiger charge is -2.33. The molecule has 4 heteroatoms. The molecule has 1 saturated heterocycles. The molecule has 1 heterocycles. The molecule has 1 fully saturated rings. The number of carbonyl (C=O) groups is 1. The average molecular weight is 288 g/mol. The second kappa shape index (κ2) is 7.27. The highest BCUT2D eigenvalue weighted by molar-refractivity contribution is 6.03. The van der Waals surface area contributed by atoms with Crippen LogP contribution in [0.4, 0.5) is 11.4 Å². The highest BCUT2D eigenvalue weighted by Crippen LogP contribution is 2.20. The van der Waals surface area contributed by atoms with Crippen LogP contribution in [-0.4, -0.2) is 31.7 Å². The minimum absolute atomic E-state index is 0.0374. The third-order valence-corrected chi connectivity index (χ3v) is 3.60. The van der Waals surface area contributed by atoms with Crippen molar-refractivity contribution >= 4 is 17.3 Å². The lowest BCUT2D eigenvalue weighted by Crippen LogP contribution is -2.41. The Labute approximate surface area is 126 Å². The molecule has 114 valence electrons. The van der Waals surface area contributed by atoms with Crippen LogP contribution in [0.1, 0.15) is 27.2 Å². The van der Waals surface area contributed by atoms with Gasteiger partial charge in [-0.3, -0.25) is 4.79 Å². The number of hydrogen-bond acceptors (Lipinski definition) is 3. The molecule has 1 amide bonds. The topological polar surface area (TPSA) is 41.6 Å². The Morgan fingerprint density at radius 1 is 1.43 bits per heavy atom. The SMILES string of the molecule is CC/C=C(/C)C(=O)Nc1ccc(N2CCO[C@@H](C)C2)cc1. The van der Waals surface area contributed by atoms with E-state index in [4.69, 9.17) is 4.74 Å². The van der Waals surface area contributed by atoms with Crippen molar-refractivity contribution in [2.75, 3.05) is 29.9 Å². The molecule has 0 aliphatic carbocycles. The van der Waals surface area contributed by atoms with Crippen molar-refractivity contribution in [3.8, 4) is 0 Å². The lowest BCUT2D eigenvalue weighted by atomic mass is 10.2. The number of allylic oxidation sites excluding steroid dienone is 1. The first-order chi connectivity index (χ1) is 10.1. The van der Waals surface area contributed by atoms with Crippen molar-refractivity contribution < 1.29 is 9.53 Å². The summed E-state index contributed by atoms with van der Waals surface area (Å²) >= 11 is 0. The predicted molar refractivity (Wildman–Crippen MR) is 86.7 cm³/mol. The highest BCUT2D eigenvalue weighted by Gasteiger charge is 2.16. The summed E-state index contributed by atoms with van der Waals surface area (Å²) in [5.74, 6) is -0.0374. The summed E-state index contributed by atoms with van der Waals surface area (Å²) in [6, 6.07) is 8.00. The van der Waals surface area contributed by atoms with E-state index in [1.807, 2.05) is 44.2 Å². The van der Waals surface area contributed by atoms with Gasteiger partial charge in [-0.15, -0.1) is 0 Å². The maximum absolute atomic E-state index is 11.9. The maximum Gasteiger partial charge on any atom is 0.250 e. The van der Waals surface area contributed by atoms with E-state index in [2.05, 4.69) is 17.1 Å². The number of nitrogens with one attached hydrogen (secondary N) is 1. The van der Waals surface area contributed by atoms with Crippen LogP contribution >= 0.6 is 0 Å². The summed E-state index contributed by atoms with van der Waals surface area (Å²) in [5, 5.41) is 2.91. The molecular weight excluding hydrogens is 264 g/mol. The molecule has 1 aromatic rings. The number of rotatable bonds is 4. The van der Waals surface area contributed by atoms with Gasteiger partial charge in [0, 0.05) is 30.0 Å². The molecule has 0 bridgehead atoms. The van der Waals surface area contributed by atoms with E-state index in [0.29, 0.717) is 0 Å². The second-order valence-electron chi connectivity index (χ2n) is 5.42. The fourth-order valence-corrected chi connectivity index (χ4v) is 2.44. The van der Waals surface area contributed by atoms with Crippen LogP contribution in [0.3, 0.4) is 0 Å². The zero-order chi connectivity index (χ0) is 15.2. The van der Waals surface area contributed by atoms with Gasteiger partial charge in [-0.05, 0) is 44.5 Å². The average Bonchev–Trinajstić information content (AvgIpc) is 2.48. The van der Waals surface area contributed by atoms with E-state index in [0.717, 1.165) is 37.4 Å². The Morgan fingerprint density at radius 3 is 2.76 bits per heavy atom. The highest BCUT2D eigenvalue weighted by atomic mass is 16.5. The van der Waals surface area contributed by atoms with E-state index in [9.17, 15) is 4.79 Å². The van der Waals surface area contributed by atoms with Crippen molar-refractivity contribution in [2.45, 2.75) is 33.3 Å². The van der Waals surface area contributed by atoms with Crippen molar-refractivity contribution in [3.63, 3.8) is 0 Å². The largest absolute Gasteiger partial charge is 0.375 e. The van der Waals surface area contributed by atoms with Gasteiger partial charge in [0.05, 0.1) is 12.7 Å². The van der Waals surface area contributed by atoms with E-state index >= 15 is 0 Å². The van der Waals surface area contributed by atoms with E-state index < -0.39 is 0 Å². The fourth-order valence-electron chi connectivity index (χ4n) is 2.44. The number of ether oxygens (including phenoxy) is 1. The number of nitrogens with zero attached hydrogens (tertiary/aromatic N) is 1. The molecule has 4 nitrogen and oxygen atoms in total. The summed E-state index contributed by atoms with van der Waals surface area (Å²) in [5.41, 5.74) is 2.75. The molecule has 21 heavy (non-hydrogen) atoms. The minimum atomic E-state index is -0.0374. The Hall–Kier alpha value is -1.81. The number of morpholine rings is 1. The molecule has 1 N–H and O–H groups in total. The number of anilines is 2. The van der Waals surface area contributed by atoms with E-state index in [1.54, 1.807) is 0 Å². The molecule has 0 spiro atoms. The zero-order valence-corrected chi connectivity index (χ0v) is 13.1. The predicted octanol–water partition coefficient (Wildman–Crippen LogP) is 3.21. The van der Waals surface area contributed by atoms with Gasteiger partial charge in [-0.2, -0.15) is 0 Å². The third kappa shape index (κ3) is 4.33. The van der Waals surface area contributed by atoms with Crippen LogP contribution in [-0.2, 0) is 9.53 Å². The molecule has 0 saturated carbocycles. The first-order valence-electron chi connectivity index (χ1n) is 7.55.